The van der Waals surface area contributed by atoms with Gasteiger partial charge >= 0.3 is 0 Å². The molecule has 8 heteroatoms. The number of amides is 2. The summed E-state index contributed by atoms with van der Waals surface area (Å²) in [6, 6.07) is 7.94. The van der Waals surface area contributed by atoms with Crippen LogP contribution in [-0.4, -0.2) is 77.0 Å². The molecular formula is C27H41N3O5. The molecule has 8 nitrogen and oxygen atoms in total. The van der Waals surface area contributed by atoms with E-state index in [2.05, 4.69) is 10.3 Å². The van der Waals surface area contributed by atoms with Crippen LogP contribution in [0, 0.1) is 6.92 Å². The molecule has 0 radical (unpaired) electrons. The highest BCUT2D eigenvalue weighted by atomic mass is 16.5. The molecule has 3 unspecified atom stereocenters. The summed E-state index contributed by atoms with van der Waals surface area (Å²) in [5.41, 5.74) is 2.45. The Labute approximate surface area is 209 Å². The molecule has 0 spiro atoms. The quantitative estimate of drug-likeness (QED) is 0.378. The highest BCUT2D eigenvalue weighted by Gasteiger charge is 2.28. The number of rotatable bonds is 14. The van der Waals surface area contributed by atoms with Crippen molar-refractivity contribution < 1.29 is 26.0 Å². The molecule has 0 bridgehead atoms. The Balaban J connectivity index is 0.00000648. The maximum absolute atomic E-state index is 13.3. The molecule has 0 saturated carbocycles. The fourth-order valence-electron chi connectivity index (χ4n) is 4.03. The molecular weight excluding hydrogens is 446 g/mol. The Morgan fingerprint density at radius 2 is 1.71 bits per heavy atom. The largest absolute Gasteiger partial charge is 0.390 e. The second kappa shape index (κ2) is 14.6. The lowest BCUT2D eigenvalue weighted by molar-refractivity contribution is -0.0177. The summed E-state index contributed by atoms with van der Waals surface area (Å²) < 4.78 is 5.01. The van der Waals surface area contributed by atoms with Crippen molar-refractivity contribution in [2.75, 3.05) is 26.8 Å². The van der Waals surface area contributed by atoms with E-state index in [4.69, 9.17) is 4.74 Å². The summed E-state index contributed by atoms with van der Waals surface area (Å²) in [6.45, 7) is 7.49. The molecule has 2 rings (SSSR count). The van der Waals surface area contributed by atoms with Crippen molar-refractivity contribution in [3.8, 4) is 0 Å². The summed E-state index contributed by atoms with van der Waals surface area (Å²) in [5, 5.41) is 24.2. The van der Waals surface area contributed by atoms with Gasteiger partial charge in [0.25, 0.3) is 11.8 Å². The van der Waals surface area contributed by atoms with Crippen LogP contribution >= 0.6 is 0 Å². The number of aryl methyl sites for hydroxylation is 1. The molecule has 0 aliphatic rings. The number of nitrogens with zero attached hydrogens (tertiary/aromatic N) is 2. The van der Waals surface area contributed by atoms with E-state index in [0.717, 1.165) is 24.0 Å². The number of carbonyl (C=O) groups is 2. The van der Waals surface area contributed by atoms with Crippen LogP contribution < -0.4 is 5.32 Å². The van der Waals surface area contributed by atoms with Crippen molar-refractivity contribution >= 4 is 11.8 Å². The van der Waals surface area contributed by atoms with Crippen molar-refractivity contribution in [2.45, 2.75) is 64.7 Å². The molecule has 194 valence electrons. The summed E-state index contributed by atoms with van der Waals surface area (Å²) >= 11 is 0. The van der Waals surface area contributed by atoms with Gasteiger partial charge in [-0.05, 0) is 74.1 Å². The molecule has 2 aromatic rings. The van der Waals surface area contributed by atoms with Crippen molar-refractivity contribution in [1.29, 1.82) is 0 Å². The minimum absolute atomic E-state index is 0. The van der Waals surface area contributed by atoms with Crippen LogP contribution in [0.4, 0.5) is 0 Å². The smallest absolute Gasteiger partial charge is 0.253 e. The summed E-state index contributed by atoms with van der Waals surface area (Å²) in [6.07, 6.45) is 3.23. The van der Waals surface area contributed by atoms with E-state index in [9.17, 15) is 19.8 Å². The minimum Gasteiger partial charge on any atom is -0.390 e. The van der Waals surface area contributed by atoms with Crippen LogP contribution in [0.15, 0.2) is 42.7 Å². The summed E-state index contributed by atoms with van der Waals surface area (Å²) in [7, 11) is 1.52. The Morgan fingerprint density at radius 3 is 2.31 bits per heavy atom. The van der Waals surface area contributed by atoms with E-state index < -0.39 is 24.2 Å². The van der Waals surface area contributed by atoms with Gasteiger partial charge in [-0.1, -0.05) is 13.8 Å². The van der Waals surface area contributed by atoms with E-state index in [0.29, 0.717) is 30.6 Å². The maximum atomic E-state index is 13.3. The molecule has 3 atom stereocenters. The molecule has 0 aliphatic carbocycles. The van der Waals surface area contributed by atoms with E-state index >= 15 is 0 Å². The normalized spacial score (nSPS) is 13.7. The lowest BCUT2D eigenvalue weighted by atomic mass is 9.96. The second-order valence-corrected chi connectivity index (χ2v) is 8.86. The zero-order valence-electron chi connectivity index (χ0n) is 21.2. The maximum Gasteiger partial charge on any atom is 0.253 e. The summed E-state index contributed by atoms with van der Waals surface area (Å²) in [5.74, 6) is -0.521. The summed E-state index contributed by atoms with van der Waals surface area (Å²) in [4.78, 5) is 32.2. The number of benzene rings is 1. The molecule has 2 amide bonds. The van der Waals surface area contributed by atoms with Crippen LogP contribution in [0.5, 0.6) is 0 Å². The Hall–Kier alpha value is -2.81. The highest BCUT2D eigenvalue weighted by Crippen LogP contribution is 2.16. The minimum atomic E-state index is -1.21. The van der Waals surface area contributed by atoms with Gasteiger partial charge in [-0.15, -0.1) is 0 Å². The monoisotopic (exact) mass is 487 g/mol. The molecule has 0 saturated heterocycles. The topological polar surface area (TPSA) is 112 Å². The number of aliphatic hydroxyl groups excluding tert-OH is 2. The van der Waals surface area contributed by atoms with Gasteiger partial charge in [0, 0.05) is 51.8 Å². The highest BCUT2D eigenvalue weighted by molar-refractivity contribution is 6.00. The van der Waals surface area contributed by atoms with Gasteiger partial charge in [0.05, 0.1) is 12.1 Å². The van der Waals surface area contributed by atoms with Crippen molar-refractivity contribution in [1.82, 2.24) is 15.2 Å². The molecule has 1 heterocycles. The Kier molecular flexibility index (Phi) is 11.8. The van der Waals surface area contributed by atoms with E-state index in [-0.39, 0.29) is 20.4 Å². The second-order valence-electron chi connectivity index (χ2n) is 8.86. The fraction of sp³-hybridized carbons (Fsp3) is 0.519. The van der Waals surface area contributed by atoms with Gasteiger partial charge in [0.2, 0.25) is 0 Å². The third kappa shape index (κ3) is 8.72. The van der Waals surface area contributed by atoms with Crippen LogP contribution in [0.3, 0.4) is 0 Å². The number of hydrogen-bond acceptors (Lipinski definition) is 6. The number of ether oxygens (including phenoxy) is 1. The van der Waals surface area contributed by atoms with Crippen LogP contribution in [-0.2, 0) is 11.2 Å². The number of hydrogen-bond donors (Lipinski definition) is 3. The van der Waals surface area contributed by atoms with Crippen molar-refractivity contribution in [3.63, 3.8) is 0 Å². The van der Waals surface area contributed by atoms with E-state index in [1.807, 2.05) is 20.8 Å². The number of methoxy groups -OCH3 is 1. The van der Waals surface area contributed by atoms with Gasteiger partial charge in [-0.25, -0.2) is 0 Å². The first kappa shape index (κ1) is 28.4. The number of aromatic nitrogens is 1. The number of aliphatic hydroxyl groups is 2. The third-order valence-electron chi connectivity index (χ3n) is 5.81. The zero-order chi connectivity index (χ0) is 25.8. The fourth-order valence-corrected chi connectivity index (χ4v) is 4.03. The first-order valence-electron chi connectivity index (χ1n) is 12.3. The van der Waals surface area contributed by atoms with Crippen molar-refractivity contribution in [2.24, 2.45) is 0 Å². The average molecular weight is 488 g/mol. The van der Waals surface area contributed by atoms with Gasteiger partial charge in [-0.2, -0.15) is 0 Å². The Morgan fingerprint density at radius 1 is 1.09 bits per heavy atom. The predicted molar refractivity (Wildman–Crippen MR) is 137 cm³/mol. The molecule has 1 aromatic carbocycles. The number of nitrogens with one attached hydrogen (secondary N) is 1. The molecule has 3 N–H and O–H groups in total. The van der Waals surface area contributed by atoms with Crippen LogP contribution in [0.2, 0.25) is 0 Å². The van der Waals surface area contributed by atoms with E-state index in [1.54, 1.807) is 47.6 Å². The van der Waals surface area contributed by atoms with Gasteiger partial charge in [0.15, 0.2) is 0 Å². The lowest BCUT2D eigenvalue weighted by Crippen LogP contribution is -2.50. The zero-order valence-corrected chi connectivity index (χ0v) is 21.2. The lowest BCUT2D eigenvalue weighted by Gasteiger charge is -2.28. The average Bonchev–Trinajstić information content (AvgIpc) is 2.86. The van der Waals surface area contributed by atoms with Gasteiger partial charge < -0.3 is 25.2 Å². The molecule has 35 heavy (non-hydrogen) atoms. The van der Waals surface area contributed by atoms with Gasteiger partial charge in [-0.3, -0.25) is 14.6 Å². The standard InChI is InChI=1S/C27H39N3O5.H2/c1-5-12-30(13-6-2)27(34)22-16-19(3)15-21(18-22)26(33)29-23(17-20-7-10-28-11-8-20)25(32)24(31)9-14-35-4;/h7-8,10-11,15-16,18,23-25,31-32H,5-6,9,12-14,17H2,1-4H3,(H,29,33);1H. The molecule has 0 aliphatic heterocycles. The number of carbonyl (C=O) groups excluding carboxylic acids is 2. The van der Waals surface area contributed by atoms with Gasteiger partial charge in [0.1, 0.15) is 6.10 Å². The molecule has 1 aromatic heterocycles. The third-order valence-corrected chi connectivity index (χ3v) is 5.81. The predicted octanol–water partition coefficient (Wildman–Crippen LogP) is 3.00. The first-order chi connectivity index (χ1) is 16.8. The SMILES string of the molecule is CCCN(CCC)C(=O)c1cc(C)cc(C(=O)NC(Cc2ccncc2)C(O)C(O)CCOC)c1.[HH]. The number of pyridine rings is 1. The molecule has 0 fully saturated rings. The van der Waals surface area contributed by atoms with Crippen LogP contribution in [0.25, 0.3) is 0 Å². The van der Waals surface area contributed by atoms with Crippen molar-refractivity contribution in [3.05, 3.63) is 65.0 Å². The first-order valence-corrected chi connectivity index (χ1v) is 12.3. The van der Waals surface area contributed by atoms with Crippen LogP contribution in [0.1, 0.15) is 66.4 Å². The van der Waals surface area contributed by atoms with E-state index in [1.165, 1.54) is 7.11 Å². The Bertz CT molecular complexity index is 938.